The maximum absolute atomic E-state index is 12.5. The molecule has 1 saturated carbocycles. The van der Waals surface area contributed by atoms with E-state index in [4.69, 9.17) is 14.2 Å². The fraction of sp³-hybridized carbons (Fsp3) is 0.400. The number of nitrogens with one attached hydrogen (secondary N) is 1. The Balaban J connectivity index is 1.65. The lowest BCUT2D eigenvalue weighted by molar-refractivity contribution is 0.0891. The first-order valence-electron chi connectivity index (χ1n) is 8.90. The normalized spacial score (nSPS) is 19.0. The van der Waals surface area contributed by atoms with Crippen molar-refractivity contribution in [1.29, 1.82) is 0 Å². The molecule has 3 rings (SSSR count). The van der Waals surface area contributed by atoms with Gasteiger partial charge in [0.25, 0.3) is 5.91 Å². The van der Waals surface area contributed by atoms with Crippen LogP contribution >= 0.6 is 0 Å². The van der Waals surface area contributed by atoms with Gasteiger partial charge in [0.2, 0.25) is 5.88 Å². The molecule has 0 spiro atoms. The molecule has 1 amide bonds. The number of hydrogen-bond donors (Lipinski definition) is 1. The second-order valence-electron chi connectivity index (χ2n) is 6.14. The second kappa shape index (κ2) is 8.56. The highest BCUT2D eigenvalue weighted by Crippen LogP contribution is 2.31. The summed E-state index contributed by atoms with van der Waals surface area (Å²) in [5, 5.41) is 3.07. The summed E-state index contributed by atoms with van der Waals surface area (Å²) in [7, 11) is 1.54. The smallest absolute Gasteiger partial charge is 0.253 e. The topological polar surface area (TPSA) is 69.7 Å². The van der Waals surface area contributed by atoms with Gasteiger partial charge in [-0.3, -0.25) is 4.79 Å². The Labute approximate surface area is 153 Å². The van der Waals surface area contributed by atoms with E-state index in [0.29, 0.717) is 23.8 Å². The summed E-state index contributed by atoms with van der Waals surface area (Å²) in [6.45, 7) is 2.52. The number of nitrogens with zero attached hydrogens (tertiary/aromatic N) is 1. The third kappa shape index (κ3) is 4.25. The highest BCUT2D eigenvalue weighted by Gasteiger charge is 2.31. The number of ether oxygens (including phenoxy) is 3. The lowest BCUT2D eigenvalue weighted by Crippen LogP contribution is -2.42. The maximum Gasteiger partial charge on any atom is 0.253 e. The lowest BCUT2D eigenvalue weighted by atomic mass is 10.2. The van der Waals surface area contributed by atoms with Gasteiger partial charge in [-0.05, 0) is 44.4 Å². The molecule has 2 aromatic rings. The summed E-state index contributed by atoms with van der Waals surface area (Å²) >= 11 is 0. The largest absolute Gasteiger partial charge is 0.490 e. The van der Waals surface area contributed by atoms with Gasteiger partial charge in [0.05, 0.1) is 25.3 Å². The molecular formula is C20H24N2O4. The van der Waals surface area contributed by atoms with E-state index >= 15 is 0 Å². The van der Waals surface area contributed by atoms with E-state index in [1.807, 2.05) is 31.2 Å². The molecule has 2 atom stereocenters. The summed E-state index contributed by atoms with van der Waals surface area (Å²) in [6.07, 6.45) is 4.23. The molecule has 0 bridgehead atoms. The third-order valence-electron chi connectivity index (χ3n) is 4.40. The minimum absolute atomic E-state index is 0.0423. The van der Waals surface area contributed by atoms with Crippen LogP contribution in [0.15, 0.2) is 42.6 Å². The van der Waals surface area contributed by atoms with Crippen LogP contribution in [0.1, 0.15) is 36.5 Å². The minimum atomic E-state index is -0.154. The maximum atomic E-state index is 12.5. The van der Waals surface area contributed by atoms with Crippen LogP contribution in [0.2, 0.25) is 0 Å². The van der Waals surface area contributed by atoms with Crippen LogP contribution in [0, 0.1) is 0 Å². The number of hydrogen-bond acceptors (Lipinski definition) is 5. The summed E-state index contributed by atoms with van der Waals surface area (Å²) < 4.78 is 16.8. The summed E-state index contributed by atoms with van der Waals surface area (Å²) in [5.41, 5.74) is 0.506. The number of benzene rings is 1. The third-order valence-corrected chi connectivity index (χ3v) is 4.40. The van der Waals surface area contributed by atoms with Crippen molar-refractivity contribution in [2.75, 3.05) is 13.7 Å². The van der Waals surface area contributed by atoms with Crippen molar-refractivity contribution in [3.8, 4) is 17.4 Å². The van der Waals surface area contributed by atoms with Crippen molar-refractivity contribution >= 4 is 5.91 Å². The first-order valence-corrected chi connectivity index (χ1v) is 8.90. The van der Waals surface area contributed by atoms with E-state index < -0.39 is 0 Å². The van der Waals surface area contributed by atoms with Crippen molar-refractivity contribution < 1.29 is 19.0 Å². The first kappa shape index (κ1) is 18.0. The summed E-state index contributed by atoms with van der Waals surface area (Å²) in [6, 6.07) is 11.0. The number of rotatable bonds is 7. The van der Waals surface area contributed by atoms with Crippen molar-refractivity contribution in [2.45, 2.75) is 38.3 Å². The van der Waals surface area contributed by atoms with Gasteiger partial charge in [-0.2, -0.15) is 0 Å². The molecule has 1 N–H and O–H groups in total. The molecule has 1 heterocycles. The molecule has 1 fully saturated rings. The van der Waals surface area contributed by atoms with E-state index in [1.165, 1.54) is 6.20 Å². The van der Waals surface area contributed by atoms with Gasteiger partial charge in [-0.1, -0.05) is 12.1 Å². The van der Waals surface area contributed by atoms with Crippen LogP contribution in [0.5, 0.6) is 17.4 Å². The average molecular weight is 356 g/mol. The zero-order valence-electron chi connectivity index (χ0n) is 15.1. The van der Waals surface area contributed by atoms with Crippen LogP contribution in [0.3, 0.4) is 0 Å². The molecule has 1 aromatic carbocycles. The highest BCUT2D eigenvalue weighted by molar-refractivity contribution is 5.94. The van der Waals surface area contributed by atoms with Gasteiger partial charge < -0.3 is 19.5 Å². The van der Waals surface area contributed by atoms with Crippen molar-refractivity contribution in [2.24, 2.45) is 0 Å². The molecule has 138 valence electrons. The number of pyridine rings is 1. The Hall–Kier alpha value is -2.76. The molecule has 0 unspecified atom stereocenters. The fourth-order valence-corrected chi connectivity index (χ4v) is 3.10. The van der Waals surface area contributed by atoms with Crippen molar-refractivity contribution in [3.05, 3.63) is 48.2 Å². The SMILES string of the molecule is CCOc1ccccc1O[C@H]1CCC[C@H]1NC(=O)c1ccc(OC)nc1. The van der Waals surface area contributed by atoms with Gasteiger partial charge in [0.1, 0.15) is 6.10 Å². The van der Waals surface area contributed by atoms with Crippen LogP contribution in [-0.2, 0) is 0 Å². The Morgan fingerprint density at radius 2 is 2.00 bits per heavy atom. The molecule has 1 aromatic heterocycles. The Morgan fingerprint density at radius 1 is 1.19 bits per heavy atom. The van der Waals surface area contributed by atoms with E-state index in [-0.39, 0.29) is 18.1 Å². The van der Waals surface area contributed by atoms with Crippen LogP contribution in [0.25, 0.3) is 0 Å². The molecule has 0 aliphatic heterocycles. The molecule has 6 nitrogen and oxygen atoms in total. The Morgan fingerprint density at radius 3 is 2.69 bits per heavy atom. The summed E-state index contributed by atoms with van der Waals surface area (Å²) in [5.74, 6) is 1.77. The average Bonchev–Trinajstić information content (AvgIpc) is 3.10. The van der Waals surface area contributed by atoms with Crippen LogP contribution in [-0.4, -0.2) is 36.8 Å². The van der Waals surface area contributed by atoms with Crippen LogP contribution < -0.4 is 19.5 Å². The zero-order chi connectivity index (χ0) is 18.4. The quantitative estimate of drug-likeness (QED) is 0.825. The first-order chi connectivity index (χ1) is 12.7. The predicted octanol–water partition coefficient (Wildman–Crippen LogP) is 3.22. The number of methoxy groups -OCH3 is 1. The molecule has 26 heavy (non-hydrogen) atoms. The highest BCUT2D eigenvalue weighted by atomic mass is 16.5. The van der Waals surface area contributed by atoms with Gasteiger partial charge in [0.15, 0.2) is 11.5 Å². The Bertz CT molecular complexity index is 733. The predicted molar refractivity (Wildman–Crippen MR) is 97.9 cm³/mol. The van der Waals surface area contributed by atoms with Gasteiger partial charge >= 0.3 is 0 Å². The monoisotopic (exact) mass is 356 g/mol. The molecule has 6 heteroatoms. The van der Waals surface area contributed by atoms with Gasteiger partial charge in [-0.25, -0.2) is 4.98 Å². The Kier molecular flexibility index (Phi) is 5.94. The fourth-order valence-electron chi connectivity index (χ4n) is 3.10. The van der Waals surface area contributed by atoms with Crippen molar-refractivity contribution in [1.82, 2.24) is 10.3 Å². The number of aromatic nitrogens is 1. The number of carbonyl (C=O) groups is 1. The number of amides is 1. The zero-order valence-corrected chi connectivity index (χ0v) is 15.1. The van der Waals surface area contributed by atoms with Gasteiger partial charge in [-0.15, -0.1) is 0 Å². The molecule has 0 saturated heterocycles. The summed E-state index contributed by atoms with van der Waals surface area (Å²) in [4.78, 5) is 16.6. The second-order valence-corrected chi connectivity index (χ2v) is 6.14. The van der Waals surface area contributed by atoms with Crippen molar-refractivity contribution in [3.63, 3.8) is 0 Å². The van der Waals surface area contributed by atoms with E-state index in [1.54, 1.807) is 19.2 Å². The molecular weight excluding hydrogens is 332 g/mol. The molecule has 0 radical (unpaired) electrons. The number of para-hydroxylation sites is 2. The lowest BCUT2D eigenvalue weighted by Gasteiger charge is -2.23. The molecule has 1 aliphatic carbocycles. The van der Waals surface area contributed by atoms with E-state index in [9.17, 15) is 4.79 Å². The van der Waals surface area contributed by atoms with Gasteiger partial charge in [0, 0.05) is 12.3 Å². The number of carbonyl (C=O) groups excluding carboxylic acids is 1. The van der Waals surface area contributed by atoms with E-state index in [0.717, 1.165) is 25.0 Å². The van der Waals surface area contributed by atoms with E-state index in [2.05, 4.69) is 10.3 Å². The van der Waals surface area contributed by atoms with Crippen LogP contribution in [0.4, 0.5) is 0 Å². The molecule has 1 aliphatic rings. The minimum Gasteiger partial charge on any atom is -0.490 e. The standard InChI is InChI=1S/C20H24N2O4/c1-3-25-17-8-4-5-9-18(17)26-16-10-6-7-15(16)22-20(23)14-11-12-19(24-2)21-13-14/h4-5,8-9,11-13,15-16H,3,6-7,10H2,1-2H3,(H,22,23)/t15-,16+/m1/s1.